The molecule has 1 amide bonds. The van der Waals surface area contributed by atoms with Gasteiger partial charge in [-0.2, -0.15) is 0 Å². The lowest BCUT2D eigenvalue weighted by atomic mass is 10.0. The van der Waals surface area contributed by atoms with Gasteiger partial charge in [0.2, 0.25) is 5.91 Å². The minimum absolute atomic E-state index is 0.130. The van der Waals surface area contributed by atoms with Crippen molar-refractivity contribution >= 4 is 28.3 Å². The zero-order valence-electron chi connectivity index (χ0n) is 10.3. The molecule has 0 aliphatic carbocycles. The third kappa shape index (κ3) is 2.65. The van der Waals surface area contributed by atoms with Gasteiger partial charge in [0.05, 0.1) is 0 Å². The average Bonchev–Trinajstić information content (AvgIpc) is 2.43. The zero-order valence-corrected chi connectivity index (χ0v) is 11.1. The molecule has 0 aromatic heterocycles. The molecule has 0 bridgehead atoms. The summed E-state index contributed by atoms with van der Waals surface area (Å²) >= 11 is 6.26. The second kappa shape index (κ2) is 5.87. The number of hydrogen-bond donors (Lipinski definition) is 1. The fourth-order valence-corrected chi connectivity index (χ4v) is 2.22. The third-order valence-corrected chi connectivity index (χ3v) is 3.31. The summed E-state index contributed by atoms with van der Waals surface area (Å²) in [5.41, 5.74) is 0.864. The van der Waals surface area contributed by atoms with Gasteiger partial charge in [-0.05, 0) is 22.8 Å². The Morgan fingerprint density at radius 3 is 2.72 bits per heavy atom. The molecular weight excluding hydrogens is 246 g/mol. The maximum atomic E-state index is 11.9. The minimum Gasteiger partial charge on any atom is -0.355 e. The van der Waals surface area contributed by atoms with E-state index < -0.39 is 5.38 Å². The quantitative estimate of drug-likeness (QED) is 0.837. The first-order valence-corrected chi connectivity index (χ1v) is 6.57. The molecule has 0 saturated carbocycles. The van der Waals surface area contributed by atoms with E-state index in [2.05, 4.69) is 5.32 Å². The van der Waals surface area contributed by atoms with E-state index in [1.54, 1.807) is 0 Å². The maximum absolute atomic E-state index is 11.9. The molecule has 2 aromatic rings. The number of halogens is 1. The molecule has 1 unspecified atom stereocenters. The molecule has 0 heterocycles. The van der Waals surface area contributed by atoms with Crippen LogP contribution in [0.2, 0.25) is 0 Å². The second-order valence-corrected chi connectivity index (χ2v) is 4.66. The molecule has 0 aliphatic rings. The monoisotopic (exact) mass is 261 g/mol. The van der Waals surface area contributed by atoms with Crippen LogP contribution in [0.5, 0.6) is 0 Å². The van der Waals surface area contributed by atoms with Crippen LogP contribution in [0.1, 0.15) is 24.3 Å². The van der Waals surface area contributed by atoms with Crippen LogP contribution in [0.15, 0.2) is 42.5 Å². The highest BCUT2D eigenvalue weighted by Gasteiger charge is 2.18. The predicted octanol–water partition coefficient (Wildman–Crippen LogP) is 3.65. The van der Waals surface area contributed by atoms with Crippen molar-refractivity contribution in [2.24, 2.45) is 0 Å². The molecule has 1 N–H and O–H groups in total. The van der Waals surface area contributed by atoms with E-state index >= 15 is 0 Å². The van der Waals surface area contributed by atoms with E-state index in [-0.39, 0.29) is 5.91 Å². The SMILES string of the molecule is CCCNC(=O)C(Cl)c1cccc2ccccc12. The van der Waals surface area contributed by atoms with Gasteiger partial charge in [-0.15, -0.1) is 11.6 Å². The molecule has 0 radical (unpaired) electrons. The topological polar surface area (TPSA) is 29.1 Å². The van der Waals surface area contributed by atoms with Crippen molar-refractivity contribution in [1.29, 1.82) is 0 Å². The van der Waals surface area contributed by atoms with Gasteiger partial charge in [0.1, 0.15) is 5.38 Å². The average molecular weight is 262 g/mol. The summed E-state index contributed by atoms with van der Waals surface area (Å²) in [5.74, 6) is -0.130. The van der Waals surface area contributed by atoms with Gasteiger partial charge in [-0.1, -0.05) is 49.4 Å². The lowest BCUT2D eigenvalue weighted by Crippen LogP contribution is -2.27. The number of benzene rings is 2. The predicted molar refractivity (Wildman–Crippen MR) is 75.8 cm³/mol. The lowest BCUT2D eigenvalue weighted by Gasteiger charge is -2.12. The molecule has 2 aromatic carbocycles. The highest BCUT2D eigenvalue weighted by atomic mass is 35.5. The van der Waals surface area contributed by atoms with Gasteiger partial charge in [-0.3, -0.25) is 4.79 Å². The Morgan fingerprint density at radius 1 is 1.22 bits per heavy atom. The lowest BCUT2D eigenvalue weighted by molar-refractivity contribution is -0.120. The number of carbonyl (C=O) groups is 1. The highest BCUT2D eigenvalue weighted by molar-refractivity contribution is 6.31. The second-order valence-electron chi connectivity index (χ2n) is 4.22. The van der Waals surface area contributed by atoms with E-state index in [1.807, 2.05) is 49.4 Å². The largest absolute Gasteiger partial charge is 0.355 e. The van der Waals surface area contributed by atoms with Crippen LogP contribution in [0.4, 0.5) is 0 Å². The van der Waals surface area contributed by atoms with Gasteiger partial charge in [0, 0.05) is 6.54 Å². The van der Waals surface area contributed by atoms with Crippen molar-refractivity contribution in [3.8, 4) is 0 Å². The number of carbonyl (C=O) groups excluding carboxylic acids is 1. The summed E-state index contributed by atoms with van der Waals surface area (Å²) in [4.78, 5) is 11.9. The van der Waals surface area contributed by atoms with Crippen LogP contribution >= 0.6 is 11.6 Å². The number of amides is 1. The number of nitrogens with one attached hydrogen (secondary N) is 1. The van der Waals surface area contributed by atoms with Gasteiger partial charge in [0.15, 0.2) is 0 Å². The Bertz CT molecular complexity index is 548. The molecule has 18 heavy (non-hydrogen) atoms. The zero-order chi connectivity index (χ0) is 13.0. The van der Waals surface area contributed by atoms with Crippen molar-refractivity contribution in [2.45, 2.75) is 18.7 Å². The smallest absolute Gasteiger partial charge is 0.242 e. The summed E-state index contributed by atoms with van der Waals surface area (Å²) in [5, 5.41) is 4.32. The Balaban J connectivity index is 2.32. The first kappa shape index (κ1) is 12.9. The van der Waals surface area contributed by atoms with Crippen LogP contribution < -0.4 is 5.32 Å². The molecular formula is C15H16ClNO. The normalized spacial score (nSPS) is 12.3. The maximum Gasteiger partial charge on any atom is 0.242 e. The van der Waals surface area contributed by atoms with Crippen molar-refractivity contribution in [3.63, 3.8) is 0 Å². The Hall–Kier alpha value is -1.54. The number of fused-ring (bicyclic) bond motifs is 1. The molecule has 0 fully saturated rings. The standard InChI is InChI=1S/C15H16ClNO/c1-2-10-17-15(18)14(16)13-9-5-7-11-6-3-4-8-12(11)13/h3-9,14H,2,10H2,1H3,(H,17,18). The van der Waals surface area contributed by atoms with E-state index in [9.17, 15) is 4.79 Å². The summed E-state index contributed by atoms with van der Waals surface area (Å²) in [7, 11) is 0. The van der Waals surface area contributed by atoms with E-state index in [0.717, 1.165) is 22.8 Å². The Kier molecular flexibility index (Phi) is 4.21. The first-order valence-electron chi connectivity index (χ1n) is 6.13. The summed E-state index contributed by atoms with van der Waals surface area (Å²) in [6.45, 7) is 2.67. The molecule has 2 rings (SSSR count). The van der Waals surface area contributed by atoms with Crippen molar-refractivity contribution in [1.82, 2.24) is 5.32 Å². The molecule has 0 saturated heterocycles. The molecule has 0 spiro atoms. The van der Waals surface area contributed by atoms with Crippen LogP contribution in [0.3, 0.4) is 0 Å². The van der Waals surface area contributed by atoms with Crippen LogP contribution in [0, 0.1) is 0 Å². The number of hydrogen-bond acceptors (Lipinski definition) is 1. The molecule has 0 aliphatic heterocycles. The van der Waals surface area contributed by atoms with E-state index in [0.29, 0.717) is 6.54 Å². The highest BCUT2D eigenvalue weighted by Crippen LogP contribution is 2.28. The van der Waals surface area contributed by atoms with Gasteiger partial charge in [0.25, 0.3) is 0 Å². The molecule has 94 valence electrons. The van der Waals surface area contributed by atoms with Crippen molar-refractivity contribution in [2.75, 3.05) is 6.54 Å². The van der Waals surface area contributed by atoms with Gasteiger partial charge in [-0.25, -0.2) is 0 Å². The molecule has 3 heteroatoms. The van der Waals surface area contributed by atoms with Crippen molar-refractivity contribution in [3.05, 3.63) is 48.0 Å². The van der Waals surface area contributed by atoms with E-state index in [4.69, 9.17) is 11.6 Å². The summed E-state index contributed by atoms with van der Waals surface area (Å²) in [6.07, 6.45) is 0.908. The number of alkyl halides is 1. The van der Waals surface area contributed by atoms with Crippen LogP contribution in [-0.2, 0) is 4.79 Å². The first-order chi connectivity index (χ1) is 8.74. The Labute approximate surface area is 112 Å². The molecule has 1 atom stereocenters. The van der Waals surface area contributed by atoms with Crippen LogP contribution in [0.25, 0.3) is 10.8 Å². The van der Waals surface area contributed by atoms with Gasteiger partial charge < -0.3 is 5.32 Å². The van der Waals surface area contributed by atoms with Crippen LogP contribution in [-0.4, -0.2) is 12.5 Å². The Morgan fingerprint density at radius 2 is 1.94 bits per heavy atom. The van der Waals surface area contributed by atoms with E-state index in [1.165, 1.54) is 0 Å². The fraction of sp³-hybridized carbons (Fsp3) is 0.267. The summed E-state index contributed by atoms with van der Waals surface area (Å²) in [6, 6.07) is 13.8. The molecule has 2 nitrogen and oxygen atoms in total. The number of rotatable bonds is 4. The fourth-order valence-electron chi connectivity index (χ4n) is 1.95. The third-order valence-electron chi connectivity index (χ3n) is 2.88. The van der Waals surface area contributed by atoms with Crippen molar-refractivity contribution < 1.29 is 4.79 Å². The summed E-state index contributed by atoms with van der Waals surface area (Å²) < 4.78 is 0. The van der Waals surface area contributed by atoms with Gasteiger partial charge >= 0.3 is 0 Å². The minimum atomic E-state index is -0.636.